The molecule has 0 saturated carbocycles. The Hall–Kier alpha value is -3.47. The van der Waals surface area contributed by atoms with E-state index < -0.39 is 53.6 Å². The van der Waals surface area contributed by atoms with E-state index in [1.54, 1.807) is 58.3 Å². The van der Waals surface area contributed by atoms with Crippen molar-refractivity contribution in [3.05, 3.63) is 35.9 Å². The molecule has 11 nitrogen and oxygen atoms in total. The average molecular weight is 524 g/mol. The lowest BCUT2D eigenvalue weighted by Gasteiger charge is -2.28. The van der Waals surface area contributed by atoms with Gasteiger partial charge in [0, 0.05) is 26.0 Å². The van der Waals surface area contributed by atoms with Crippen LogP contribution in [0.2, 0.25) is 0 Å². The van der Waals surface area contributed by atoms with Crippen LogP contribution in [0.15, 0.2) is 30.3 Å². The number of benzene rings is 1. The minimum Gasteiger partial charge on any atom is -0.347 e. The molecule has 0 spiro atoms. The Labute approximate surface area is 215 Å². The monoisotopic (exact) mass is 523 g/mol. The zero-order valence-corrected chi connectivity index (χ0v) is 21.9. The Bertz CT molecular complexity index is 940. The van der Waals surface area contributed by atoms with E-state index in [1.807, 2.05) is 0 Å². The molecular formula is C24H34ClN5O6. The largest absolute Gasteiger partial charge is 0.347 e. The van der Waals surface area contributed by atoms with Crippen LogP contribution < -0.4 is 16.0 Å². The number of hydrogen-bond acceptors (Lipinski definition) is 6. The van der Waals surface area contributed by atoms with Gasteiger partial charge in [0.25, 0.3) is 5.91 Å². The van der Waals surface area contributed by atoms with E-state index in [0.29, 0.717) is 12.0 Å². The first-order valence-electron chi connectivity index (χ1n) is 11.5. The number of carbonyl (C=O) groups excluding carboxylic acids is 6. The van der Waals surface area contributed by atoms with Crippen LogP contribution in [0.5, 0.6) is 0 Å². The molecule has 1 rings (SSSR count). The van der Waals surface area contributed by atoms with Gasteiger partial charge < -0.3 is 25.8 Å². The molecule has 3 N–H and O–H groups in total. The molecule has 0 fully saturated rings. The van der Waals surface area contributed by atoms with Crippen molar-refractivity contribution in [2.75, 3.05) is 27.2 Å². The molecular weight excluding hydrogens is 490 g/mol. The molecule has 5 amide bonds. The summed E-state index contributed by atoms with van der Waals surface area (Å²) >= 11 is 5.99. The maximum Gasteiger partial charge on any atom is 0.290 e. The van der Waals surface area contributed by atoms with Crippen LogP contribution in [0.4, 0.5) is 0 Å². The number of halogens is 1. The minimum absolute atomic E-state index is 0.154. The highest BCUT2D eigenvalue weighted by Gasteiger charge is 2.30. The van der Waals surface area contributed by atoms with E-state index in [2.05, 4.69) is 16.0 Å². The smallest absolute Gasteiger partial charge is 0.290 e. The van der Waals surface area contributed by atoms with Gasteiger partial charge in [0.2, 0.25) is 29.9 Å². The number of amides is 5. The molecule has 3 unspecified atom stereocenters. The van der Waals surface area contributed by atoms with Gasteiger partial charge in [-0.2, -0.15) is 0 Å². The maximum atomic E-state index is 12.7. The molecule has 36 heavy (non-hydrogen) atoms. The molecule has 0 bridgehead atoms. The number of Topliss-reactive ketones (excluding diaryl/α,β-unsaturated/α-hetero) is 1. The van der Waals surface area contributed by atoms with Crippen LogP contribution in [0.1, 0.15) is 38.8 Å². The van der Waals surface area contributed by atoms with Crippen LogP contribution in [0.25, 0.3) is 0 Å². The highest BCUT2D eigenvalue weighted by atomic mass is 35.5. The predicted octanol–water partition coefficient (Wildman–Crippen LogP) is -0.0136. The number of nitrogens with zero attached hydrogens (tertiary/aromatic N) is 2. The van der Waals surface area contributed by atoms with Gasteiger partial charge >= 0.3 is 0 Å². The molecule has 0 aromatic heterocycles. The summed E-state index contributed by atoms with van der Waals surface area (Å²) in [6, 6.07) is 5.48. The molecule has 4 atom stereocenters. The van der Waals surface area contributed by atoms with Crippen molar-refractivity contribution >= 4 is 47.4 Å². The zero-order chi connectivity index (χ0) is 27.4. The van der Waals surface area contributed by atoms with Crippen molar-refractivity contribution in [2.24, 2.45) is 0 Å². The van der Waals surface area contributed by atoms with Crippen molar-refractivity contribution in [1.82, 2.24) is 25.8 Å². The lowest BCUT2D eigenvalue weighted by molar-refractivity contribution is -0.141. The van der Waals surface area contributed by atoms with Gasteiger partial charge in [-0.3, -0.25) is 28.8 Å². The van der Waals surface area contributed by atoms with Crippen molar-refractivity contribution < 1.29 is 28.8 Å². The Kier molecular flexibility index (Phi) is 12.6. The van der Waals surface area contributed by atoms with Gasteiger partial charge in [0.05, 0.1) is 12.6 Å². The fourth-order valence-electron chi connectivity index (χ4n) is 3.29. The van der Waals surface area contributed by atoms with Crippen molar-refractivity contribution in [3.63, 3.8) is 0 Å². The van der Waals surface area contributed by atoms with Gasteiger partial charge in [-0.1, -0.05) is 30.3 Å². The minimum atomic E-state index is -1.22. The summed E-state index contributed by atoms with van der Waals surface area (Å²) in [5.74, 6) is -3.75. The maximum absolute atomic E-state index is 12.7. The van der Waals surface area contributed by atoms with Crippen molar-refractivity contribution in [2.45, 2.75) is 50.7 Å². The van der Waals surface area contributed by atoms with Gasteiger partial charge in [0.1, 0.15) is 12.1 Å². The van der Waals surface area contributed by atoms with Crippen LogP contribution >= 0.6 is 11.6 Å². The quantitative estimate of drug-likeness (QED) is 0.178. The highest BCUT2D eigenvalue weighted by Crippen LogP contribution is 2.14. The molecule has 0 aliphatic rings. The normalized spacial score (nSPS) is 13.8. The van der Waals surface area contributed by atoms with E-state index in [1.165, 1.54) is 16.7 Å². The fourth-order valence-corrected chi connectivity index (χ4v) is 3.46. The molecule has 1 aromatic carbocycles. The molecule has 12 heteroatoms. The zero-order valence-electron chi connectivity index (χ0n) is 21.1. The number of nitrogens with one attached hydrogen (secondary N) is 3. The van der Waals surface area contributed by atoms with E-state index in [4.69, 9.17) is 11.6 Å². The van der Waals surface area contributed by atoms with Crippen LogP contribution in [0, 0.1) is 0 Å². The van der Waals surface area contributed by atoms with Crippen LogP contribution in [-0.4, -0.2) is 90.3 Å². The standard InChI is InChI=1S/C24H34ClN5O6/c1-6-30(14-31)18(12-15(2)25)22(34)27-16(3)21(33)23(35)26-13-19(32)28-20(24(36)29(4)5)17-10-8-7-9-11-17/h7-11,14-16,18,20H,6,12-13H2,1-5H3,(H,26,35)(H,27,34)(H,28,32)/t15-,16?,18?,20?/m1/s1. The van der Waals surface area contributed by atoms with Gasteiger partial charge in [-0.05, 0) is 32.8 Å². The van der Waals surface area contributed by atoms with E-state index >= 15 is 0 Å². The summed E-state index contributed by atoms with van der Waals surface area (Å²) in [5, 5.41) is 6.76. The SMILES string of the molecule is CCN(C=O)C(C[C@@H](C)Cl)C(=O)NC(C)C(=O)C(=O)NCC(=O)NC(C(=O)N(C)C)c1ccccc1. The first-order chi connectivity index (χ1) is 16.9. The van der Waals surface area contributed by atoms with Gasteiger partial charge in [-0.25, -0.2) is 0 Å². The van der Waals surface area contributed by atoms with Crippen LogP contribution in [-0.2, 0) is 28.8 Å². The molecule has 1 aromatic rings. The van der Waals surface area contributed by atoms with Gasteiger partial charge in [-0.15, -0.1) is 11.6 Å². The first-order valence-corrected chi connectivity index (χ1v) is 11.9. The average Bonchev–Trinajstić information content (AvgIpc) is 2.85. The van der Waals surface area contributed by atoms with E-state index in [0.717, 1.165) is 0 Å². The second-order valence-corrected chi connectivity index (χ2v) is 9.13. The highest BCUT2D eigenvalue weighted by molar-refractivity contribution is 6.38. The summed E-state index contributed by atoms with van der Waals surface area (Å²) in [5.41, 5.74) is 0.556. The third-order valence-corrected chi connectivity index (χ3v) is 5.44. The van der Waals surface area contributed by atoms with Crippen molar-refractivity contribution in [3.8, 4) is 0 Å². The summed E-state index contributed by atoms with van der Waals surface area (Å²) in [4.78, 5) is 76.3. The number of alkyl halides is 1. The Morgan fingerprint density at radius 3 is 2.14 bits per heavy atom. The number of likely N-dealkylation sites (N-methyl/N-ethyl adjacent to an activating group) is 2. The number of ketones is 1. The second kappa shape index (κ2) is 14.8. The Balaban J connectivity index is 2.75. The van der Waals surface area contributed by atoms with Gasteiger partial charge in [0.15, 0.2) is 0 Å². The summed E-state index contributed by atoms with van der Waals surface area (Å²) in [6.45, 7) is 4.37. The predicted molar refractivity (Wildman–Crippen MR) is 134 cm³/mol. The Morgan fingerprint density at radius 2 is 1.64 bits per heavy atom. The summed E-state index contributed by atoms with van der Waals surface area (Å²) in [7, 11) is 3.10. The third kappa shape index (κ3) is 9.29. The number of hydrogen-bond donors (Lipinski definition) is 3. The molecule has 0 radical (unpaired) electrons. The Morgan fingerprint density at radius 1 is 1.03 bits per heavy atom. The summed E-state index contributed by atoms with van der Waals surface area (Å²) in [6.07, 6.45) is 0.673. The molecule has 0 aliphatic carbocycles. The van der Waals surface area contributed by atoms with E-state index in [9.17, 15) is 28.8 Å². The lowest BCUT2D eigenvalue weighted by Crippen LogP contribution is -2.53. The number of rotatable bonds is 14. The van der Waals surface area contributed by atoms with Crippen molar-refractivity contribution in [1.29, 1.82) is 0 Å². The summed E-state index contributed by atoms with van der Waals surface area (Å²) < 4.78 is 0. The molecule has 0 aliphatic heterocycles. The lowest BCUT2D eigenvalue weighted by atomic mass is 10.1. The molecule has 0 saturated heterocycles. The molecule has 198 valence electrons. The topological polar surface area (TPSA) is 145 Å². The third-order valence-electron chi connectivity index (χ3n) is 5.26. The van der Waals surface area contributed by atoms with E-state index in [-0.39, 0.29) is 18.9 Å². The fraction of sp³-hybridized carbons (Fsp3) is 0.500. The number of carbonyl (C=O) groups is 6. The molecule has 0 heterocycles. The first kappa shape index (κ1) is 30.6. The second-order valence-electron chi connectivity index (χ2n) is 8.39. The van der Waals surface area contributed by atoms with Crippen LogP contribution in [0.3, 0.4) is 0 Å².